The zero-order valence-electron chi connectivity index (χ0n) is 10.0. The first-order chi connectivity index (χ1) is 9.68. The number of hydrogen-bond acceptors (Lipinski definition) is 3. The molecule has 0 aliphatic heterocycles. The minimum atomic E-state index is -4.81. The van der Waals surface area contributed by atoms with Crippen LogP contribution < -0.4 is 0 Å². The van der Waals surface area contributed by atoms with Crippen LogP contribution in [-0.4, -0.2) is 16.1 Å². The lowest BCUT2D eigenvalue weighted by Gasteiger charge is -2.03. The second-order valence-corrected chi connectivity index (χ2v) is 5.93. The number of halogens is 5. The number of alkyl halides is 3. The molecule has 2 aromatic rings. The Balaban J connectivity index is 2.39. The van der Waals surface area contributed by atoms with Crippen molar-refractivity contribution in [2.24, 2.45) is 0 Å². The van der Waals surface area contributed by atoms with Crippen LogP contribution in [0.3, 0.4) is 0 Å². The third kappa shape index (κ3) is 3.66. The van der Waals surface area contributed by atoms with Gasteiger partial charge in [0.2, 0.25) is 0 Å². The van der Waals surface area contributed by atoms with E-state index in [1.807, 2.05) is 0 Å². The van der Waals surface area contributed by atoms with Crippen molar-refractivity contribution in [1.29, 1.82) is 0 Å². The first-order valence-corrected chi connectivity index (χ1v) is 7.00. The average molecular weight is 356 g/mol. The molecule has 1 aromatic carbocycles. The fraction of sp³-hybridized carbons (Fsp3) is 0.167. The van der Waals surface area contributed by atoms with E-state index >= 15 is 0 Å². The Labute approximate surface area is 131 Å². The Morgan fingerprint density at radius 1 is 1.33 bits per heavy atom. The Bertz CT molecular complexity index is 700. The first kappa shape index (κ1) is 16.1. The zero-order chi connectivity index (χ0) is 15.8. The molecule has 9 heteroatoms. The third-order valence-corrected chi connectivity index (χ3v) is 4.12. The van der Waals surface area contributed by atoms with Gasteiger partial charge in [-0.2, -0.15) is 13.2 Å². The second-order valence-electron chi connectivity index (χ2n) is 4.00. The van der Waals surface area contributed by atoms with Gasteiger partial charge in [-0.05, 0) is 17.7 Å². The predicted octanol–water partition coefficient (Wildman–Crippen LogP) is 4.76. The van der Waals surface area contributed by atoms with Gasteiger partial charge in [-0.3, -0.25) is 0 Å². The molecule has 0 saturated carbocycles. The largest absolute Gasteiger partial charge is 0.477 e. The van der Waals surface area contributed by atoms with Crippen LogP contribution in [0.15, 0.2) is 18.2 Å². The van der Waals surface area contributed by atoms with Crippen LogP contribution in [-0.2, 0) is 12.6 Å². The van der Waals surface area contributed by atoms with Crippen LogP contribution in [0.2, 0.25) is 10.0 Å². The van der Waals surface area contributed by atoms with Crippen LogP contribution in [0.4, 0.5) is 13.2 Å². The SMILES string of the molecule is O=C(O)c1sc(Cc2ccc(Cl)cc2Cl)nc1C(F)(F)F. The molecule has 0 amide bonds. The fourth-order valence-electron chi connectivity index (χ4n) is 1.61. The fourth-order valence-corrected chi connectivity index (χ4v) is 3.03. The third-order valence-electron chi connectivity index (χ3n) is 2.49. The minimum absolute atomic E-state index is 0.00295. The number of carboxylic acid groups (broad SMARTS) is 1. The number of aromatic nitrogens is 1. The molecule has 2 rings (SSSR count). The number of nitrogens with zero attached hydrogens (tertiary/aromatic N) is 1. The van der Waals surface area contributed by atoms with Crippen molar-refractivity contribution in [3.05, 3.63) is 49.4 Å². The summed E-state index contributed by atoms with van der Waals surface area (Å²) in [6, 6.07) is 4.55. The number of benzene rings is 1. The highest BCUT2D eigenvalue weighted by molar-refractivity contribution is 7.13. The van der Waals surface area contributed by atoms with Gasteiger partial charge in [-0.25, -0.2) is 9.78 Å². The second kappa shape index (κ2) is 5.82. The van der Waals surface area contributed by atoms with Gasteiger partial charge in [0.05, 0.1) is 5.01 Å². The molecule has 0 aliphatic carbocycles. The van der Waals surface area contributed by atoms with Crippen molar-refractivity contribution in [3.63, 3.8) is 0 Å². The van der Waals surface area contributed by atoms with Crippen LogP contribution >= 0.6 is 34.5 Å². The van der Waals surface area contributed by atoms with E-state index in [0.717, 1.165) is 0 Å². The molecule has 3 nitrogen and oxygen atoms in total. The summed E-state index contributed by atoms with van der Waals surface area (Å²) in [4.78, 5) is 13.4. The molecule has 1 heterocycles. The van der Waals surface area contributed by atoms with Gasteiger partial charge in [0.25, 0.3) is 0 Å². The predicted molar refractivity (Wildman–Crippen MR) is 73.3 cm³/mol. The van der Waals surface area contributed by atoms with E-state index in [1.54, 1.807) is 12.1 Å². The van der Waals surface area contributed by atoms with Crippen LogP contribution in [0.5, 0.6) is 0 Å². The lowest BCUT2D eigenvalue weighted by molar-refractivity contribution is -0.141. The molecule has 112 valence electrons. The van der Waals surface area contributed by atoms with Crippen molar-refractivity contribution < 1.29 is 23.1 Å². The van der Waals surface area contributed by atoms with Gasteiger partial charge in [0, 0.05) is 16.5 Å². The summed E-state index contributed by atoms with van der Waals surface area (Å²) in [6.45, 7) is 0. The summed E-state index contributed by atoms with van der Waals surface area (Å²) >= 11 is 12.1. The maximum atomic E-state index is 12.7. The van der Waals surface area contributed by atoms with Crippen LogP contribution in [0.1, 0.15) is 25.9 Å². The normalized spacial score (nSPS) is 11.7. The Morgan fingerprint density at radius 3 is 2.48 bits per heavy atom. The van der Waals surface area contributed by atoms with Crippen molar-refractivity contribution in [2.45, 2.75) is 12.6 Å². The molecule has 21 heavy (non-hydrogen) atoms. The molecule has 1 N–H and O–H groups in total. The highest BCUT2D eigenvalue weighted by Gasteiger charge is 2.39. The Kier molecular flexibility index (Phi) is 4.46. The Hall–Kier alpha value is -1.31. The van der Waals surface area contributed by atoms with E-state index < -0.39 is 22.7 Å². The number of rotatable bonds is 3. The molecule has 0 spiro atoms. The molecule has 0 unspecified atom stereocenters. The smallest absolute Gasteiger partial charge is 0.435 e. The van der Waals surface area contributed by atoms with E-state index in [-0.39, 0.29) is 16.5 Å². The summed E-state index contributed by atoms with van der Waals surface area (Å²) in [5.74, 6) is -1.66. The first-order valence-electron chi connectivity index (χ1n) is 5.42. The summed E-state index contributed by atoms with van der Waals surface area (Å²) in [7, 11) is 0. The standard InChI is InChI=1S/C12H6Cl2F3NO2S/c13-6-2-1-5(7(14)4-6)3-8-18-10(12(15,16)17)9(21-8)11(19)20/h1-2,4H,3H2,(H,19,20). The average Bonchev–Trinajstić information content (AvgIpc) is 2.77. The molecule has 0 bridgehead atoms. The zero-order valence-corrected chi connectivity index (χ0v) is 12.4. The van der Waals surface area contributed by atoms with Crippen molar-refractivity contribution in [2.75, 3.05) is 0 Å². The van der Waals surface area contributed by atoms with Gasteiger partial charge >= 0.3 is 12.1 Å². The molecule has 0 fully saturated rings. The van der Waals surface area contributed by atoms with Crippen molar-refractivity contribution in [3.8, 4) is 0 Å². The van der Waals surface area contributed by atoms with E-state index in [9.17, 15) is 18.0 Å². The van der Waals surface area contributed by atoms with Gasteiger partial charge < -0.3 is 5.11 Å². The lowest BCUT2D eigenvalue weighted by Crippen LogP contribution is -2.11. The van der Waals surface area contributed by atoms with Crippen molar-refractivity contribution in [1.82, 2.24) is 4.98 Å². The van der Waals surface area contributed by atoms with Gasteiger partial charge in [0.1, 0.15) is 4.88 Å². The molecule has 0 atom stereocenters. The number of carboxylic acids is 1. The molecule has 0 aliphatic rings. The lowest BCUT2D eigenvalue weighted by atomic mass is 10.1. The monoisotopic (exact) mass is 355 g/mol. The number of hydrogen-bond donors (Lipinski definition) is 1. The molecular formula is C12H6Cl2F3NO2S. The van der Waals surface area contributed by atoms with Crippen LogP contribution in [0.25, 0.3) is 0 Å². The number of aromatic carboxylic acids is 1. The Morgan fingerprint density at radius 2 is 2.00 bits per heavy atom. The van der Waals surface area contributed by atoms with E-state index in [0.29, 0.717) is 21.9 Å². The van der Waals surface area contributed by atoms with Crippen molar-refractivity contribution >= 4 is 40.5 Å². The summed E-state index contributed by atoms with van der Waals surface area (Å²) in [5, 5.41) is 9.52. The maximum Gasteiger partial charge on any atom is 0.435 e. The quantitative estimate of drug-likeness (QED) is 0.863. The minimum Gasteiger partial charge on any atom is -0.477 e. The summed E-state index contributed by atoms with van der Waals surface area (Å²) < 4.78 is 38.2. The summed E-state index contributed by atoms with van der Waals surface area (Å²) in [6.07, 6.45) is -4.82. The molecule has 1 aromatic heterocycles. The molecular weight excluding hydrogens is 350 g/mol. The number of carbonyl (C=O) groups is 1. The van der Waals surface area contributed by atoms with Crippen LogP contribution in [0, 0.1) is 0 Å². The molecule has 0 radical (unpaired) electrons. The van der Waals surface area contributed by atoms with E-state index in [2.05, 4.69) is 4.98 Å². The highest BCUT2D eigenvalue weighted by Crippen LogP contribution is 2.35. The van der Waals surface area contributed by atoms with E-state index in [1.165, 1.54) is 6.07 Å². The van der Waals surface area contributed by atoms with E-state index in [4.69, 9.17) is 28.3 Å². The topological polar surface area (TPSA) is 50.2 Å². The summed E-state index contributed by atoms with van der Waals surface area (Å²) in [5.41, 5.74) is -0.874. The van der Waals surface area contributed by atoms with Gasteiger partial charge in [-0.15, -0.1) is 11.3 Å². The highest BCUT2D eigenvalue weighted by atomic mass is 35.5. The van der Waals surface area contributed by atoms with Gasteiger partial charge in [0.15, 0.2) is 5.69 Å². The van der Waals surface area contributed by atoms with Gasteiger partial charge in [-0.1, -0.05) is 29.3 Å². The number of thiazole rings is 1. The maximum absolute atomic E-state index is 12.7. The molecule has 0 saturated heterocycles.